The topological polar surface area (TPSA) is 12.9 Å². The lowest BCUT2D eigenvalue weighted by atomic mass is 9.63. The molecule has 0 atom stereocenters. The number of benzene rings is 1. The first-order valence-electron chi connectivity index (χ1n) is 7.92. The molecule has 0 aliphatic heterocycles. The Morgan fingerprint density at radius 3 is 2.61 bits per heavy atom. The number of pyridine rings is 1. The van der Waals surface area contributed by atoms with Crippen LogP contribution in [0, 0.1) is 5.82 Å². The molecule has 0 bridgehead atoms. The van der Waals surface area contributed by atoms with E-state index in [0.717, 1.165) is 38.8 Å². The maximum Gasteiger partial charge on any atom is 0.146 e. The lowest BCUT2D eigenvalue weighted by Crippen LogP contribution is -2.34. The van der Waals surface area contributed by atoms with Crippen LogP contribution in [0.25, 0.3) is 20.2 Å². The van der Waals surface area contributed by atoms with Gasteiger partial charge in [0.1, 0.15) is 11.0 Å². The van der Waals surface area contributed by atoms with E-state index in [2.05, 4.69) is 38.7 Å². The fourth-order valence-electron chi connectivity index (χ4n) is 3.86. The number of aromatic nitrogens is 1. The Bertz CT molecular complexity index is 955. The first-order chi connectivity index (χ1) is 10.7. The largest absolute Gasteiger partial charge is 0.243 e. The molecule has 120 valence electrons. The molecule has 4 heteroatoms. The highest BCUT2D eigenvalue weighted by molar-refractivity contribution is 7.26. The quantitative estimate of drug-likeness (QED) is 0.418. The smallest absolute Gasteiger partial charge is 0.146 e. The van der Waals surface area contributed by atoms with E-state index in [1.165, 1.54) is 0 Å². The SMILES string of the molecule is CC1(C)CCC(C)(C)c2c1cc1sc3c(Cl)nccc3c1c2F. The van der Waals surface area contributed by atoms with Gasteiger partial charge in [0, 0.05) is 21.7 Å². The molecule has 0 spiro atoms. The minimum absolute atomic E-state index is 0.00188. The van der Waals surface area contributed by atoms with Crippen LogP contribution in [0.1, 0.15) is 51.7 Å². The monoisotopic (exact) mass is 347 g/mol. The molecular weight excluding hydrogens is 329 g/mol. The summed E-state index contributed by atoms with van der Waals surface area (Å²) in [6, 6.07) is 4.06. The van der Waals surface area contributed by atoms with Crippen LogP contribution in [0.2, 0.25) is 5.15 Å². The van der Waals surface area contributed by atoms with Crippen LogP contribution in [-0.2, 0) is 10.8 Å². The summed E-state index contributed by atoms with van der Waals surface area (Å²) in [5.74, 6) is -0.0659. The number of hydrogen-bond acceptors (Lipinski definition) is 2. The van der Waals surface area contributed by atoms with Gasteiger partial charge in [0.05, 0.1) is 4.70 Å². The number of fused-ring (bicyclic) bond motifs is 4. The lowest BCUT2D eigenvalue weighted by molar-refractivity contribution is 0.321. The maximum absolute atomic E-state index is 15.6. The van der Waals surface area contributed by atoms with E-state index in [9.17, 15) is 0 Å². The van der Waals surface area contributed by atoms with Crippen LogP contribution in [0.5, 0.6) is 0 Å². The first kappa shape index (κ1) is 15.3. The van der Waals surface area contributed by atoms with Crippen LogP contribution in [0.15, 0.2) is 18.3 Å². The van der Waals surface area contributed by atoms with Crippen molar-refractivity contribution in [3.63, 3.8) is 0 Å². The number of rotatable bonds is 0. The van der Waals surface area contributed by atoms with E-state index < -0.39 is 0 Å². The predicted octanol–water partition coefficient (Wildman–Crippen LogP) is 6.59. The van der Waals surface area contributed by atoms with Gasteiger partial charge < -0.3 is 0 Å². The van der Waals surface area contributed by atoms with Crippen LogP contribution >= 0.6 is 22.9 Å². The van der Waals surface area contributed by atoms with E-state index in [-0.39, 0.29) is 16.6 Å². The predicted molar refractivity (Wildman–Crippen MR) is 97.4 cm³/mol. The highest BCUT2D eigenvalue weighted by Crippen LogP contribution is 2.50. The van der Waals surface area contributed by atoms with Crippen molar-refractivity contribution in [2.75, 3.05) is 0 Å². The average Bonchev–Trinajstić information content (AvgIpc) is 2.84. The lowest BCUT2D eigenvalue weighted by Gasteiger charge is -2.42. The van der Waals surface area contributed by atoms with Crippen molar-refractivity contribution in [1.29, 1.82) is 0 Å². The Labute approximate surface area is 144 Å². The number of halogens is 2. The zero-order valence-electron chi connectivity index (χ0n) is 13.8. The van der Waals surface area contributed by atoms with Crippen molar-refractivity contribution in [1.82, 2.24) is 4.98 Å². The number of hydrogen-bond donors (Lipinski definition) is 0. The Morgan fingerprint density at radius 1 is 1.17 bits per heavy atom. The third-order valence-corrected chi connectivity index (χ3v) is 6.91. The highest BCUT2D eigenvalue weighted by atomic mass is 35.5. The zero-order valence-corrected chi connectivity index (χ0v) is 15.3. The van der Waals surface area contributed by atoms with Gasteiger partial charge in [0.15, 0.2) is 0 Å². The number of nitrogens with zero attached hydrogens (tertiary/aromatic N) is 1. The second-order valence-corrected chi connectivity index (χ2v) is 9.24. The summed E-state index contributed by atoms with van der Waals surface area (Å²) >= 11 is 7.77. The molecule has 0 N–H and O–H groups in total. The fourth-order valence-corrected chi connectivity index (χ4v) is 5.25. The normalized spacial score (nSPS) is 19.2. The van der Waals surface area contributed by atoms with E-state index in [4.69, 9.17) is 11.6 Å². The van der Waals surface area contributed by atoms with Crippen molar-refractivity contribution < 1.29 is 4.39 Å². The molecule has 0 saturated heterocycles. The Kier molecular flexibility index (Phi) is 3.12. The van der Waals surface area contributed by atoms with Crippen molar-refractivity contribution in [3.05, 3.63) is 40.4 Å². The molecular formula is C19H19ClFNS. The molecule has 4 rings (SSSR count). The minimum atomic E-state index is -0.145. The second-order valence-electron chi connectivity index (χ2n) is 7.83. The summed E-state index contributed by atoms with van der Waals surface area (Å²) in [4.78, 5) is 4.14. The zero-order chi connectivity index (χ0) is 16.6. The Balaban J connectivity index is 2.21. The molecule has 0 amide bonds. The summed E-state index contributed by atoms with van der Waals surface area (Å²) in [6.45, 7) is 8.74. The van der Waals surface area contributed by atoms with E-state index in [0.29, 0.717) is 10.5 Å². The van der Waals surface area contributed by atoms with Gasteiger partial charge in [-0.05, 0) is 46.9 Å². The molecule has 0 fully saturated rings. The molecule has 1 nitrogen and oxygen atoms in total. The van der Waals surface area contributed by atoms with E-state index >= 15 is 4.39 Å². The van der Waals surface area contributed by atoms with Gasteiger partial charge in [0.2, 0.25) is 0 Å². The summed E-state index contributed by atoms with van der Waals surface area (Å²) in [7, 11) is 0. The van der Waals surface area contributed by atoms with Gasteiger partial charge in [-0.25, -0.2) is 9.37 Å². The van der Waals surface area contributed by atoms with Gasteiger partial charge in [-0.2, -0.15) is 0 Å². The van der Waals surface area contributed by atoms with Gasteiger partial charge in [0.25, 0.3) is 0 Å². The van der Waals surface area contributed by atoms with Gasteiger partial charge in [-0.3, -0.25) is 0 Å². The number of thiophene rings is 1. The molecule has 1 aromatic carbocycles. The Morgan fingerprint density at radius 2 is 1.87 bits per heavy atom. The van der Waals surface area contributed by atoms with Crippen LogP contribution in [0.3, 0.4) is 0 Å². The summed E-state index contributed by atoms with van der Waals surface area (Å²) in [6.07, 6.45) is 3.73. The van der Waals surface area contributed by atoms with E-state index in [1.54, 1.807) is 17.5 Å². The third-order valence-electron chi connectivity index (χ3n) is 5.35. The van der Waals surface area contributed by atoms with Crippen molar-refractivity contribution in [2.24, 2.45) is 0 Å². The van der Waals surface area contributed by atoms with Crippen molar-refractivity contribution in [3.8, 4) is 0 Å². The molecule has 0 saturated carbocycles. The van der Waals surface area contributed by atoms with Gasteiger partial charge >= 0.3 is 0 Å². The molecule has 0 radical (unpaired) electrons. The van der Waals surface area contributed by atoms with Crippen LogP contribution in [0.4, 0.5) is 4.39 Å². The maximum atomic E-state index is 15.6. The van der Waals surface area contributed by atoms with Crippen LogP contribution in [-0.4, -0.2) is 4.98 Å². The second kappa shape index (κ2) is 4.67. The summed E-state index contributed by atoms with van der Waals surface area (Å²) < 4.78 is 17.5. The Hall–Kier alpha value is -1.19. The summed E-state index contributed by atoms with van der Waals surface area (Å²) in [5, 5.41) is 2.04. The molecule has 1 aliphatic rings. The molecule has 0 unspecified atom stereocenters. The third kappa shape index (κ3) is 2.06. The molecule has 2 heterocycles. The van der Waals surface area contributed by atoms with Crippen molar-refractivity contribution in [2.45, 2.75) is 51.4 Å². The molecule has 3 aromatic rings. The van der Waals surface area contributed by atoms with Gasteiger partial charge in [-0.1, -0.05) is 39.3 Å². The summed E-state index contributed by atoms with van der Waals surface area (Å²) in [5.41, 5.74) is 1.88. The van der Waals surface area contributed by atoms with Crippen molar-refractivity contribution >= 4 is 43.1 Å². The van der Waals surface area contributed by atoms with Gasteiger partial charge in [-0.15, -0.1) is 11.3 Å². The molecule has 2 aromatic heterocycles. The molecule has 1 aliphatic carbocycles. The highest BCUT2D eigenvalue weighted by Gasteiger charge is 2.40. The van der Waals surface area contributed by atoms with Crippen LogP contribution < -0.4 is 0 Å². The minimum Gasteiger partial charge on any atom is -0.243 e. The molecule has 23 heavy (non-hydrogen) atoms. The standard InChI is InChI=1S/C19H19ClFNS/c1-18(2)6-7-19(3,4)14-11(18)9-12-13(15(14)21)10-5-8-22-17(20)16(10)23-12/h5,8-9H,6-7H2,1-4H3. The van der Waals surface area contributed by atoms with E-state index in [1.807, 2.05) is 6.07 Å². The average molecular weight is 348 g/mol. The fraction of sp³-hybridized carbons (Fsp3) is 0.421. The first-order valence-corrected chi connectivity index (χ1v) is 9.12.